The molecule has 0 aliphatic heterocycles. The fourth-order valence-corrected chi connectivity index (χ4v) is 2.93. The van der Waals surface area contributed by atoms with Gasteiger partial charge in [-0.1, -0.05) is 24.3 Å². The number of aromatic amines is 2. The van der Waals surface area contributed by atoms with Crippen molar-refractivity contribution in [1.29, 1.82) is 0 Å². The van der Waals surface area contributed by atoms with E-state index in [1.54, 1.807) is 36.4 Å². The van der Waals surface area contributed by atoms with Gasteiger partial charge in [-0.05, 0) is 29.7 Å². The van der Waals surface area contributed by atoms with Crippen molar-refractivity contribution in [2.24, 2.45) is 0 Å². The van der Waals surface area contributed by atoms with Crippen LogP contribution in [0, 0.1) is 0 Å². The van der Waals surface area contributed by atoms with Crippen LogP contribution in [-0.2, 0) is 6.42 Å². The number of hydrogen-bond donors (Lipinski definition) is 2. The molecule has 2 aromatic carbocycles. The van der Waals surface area contributed by atoms with Crippen LogP contribution in [0.4, 0.5) is 0 Å². The zero-order valence-electron chi connectivity index (χ0n) is 12.6. The average Bonchev–Trinajstić information content (AvgIpc) is 2.54. The molecule has 25 heavy (non-hydrogen) atoms. The Bertz CT molecular complexity index is 1250. The van der Waals surface area contributed by atoms with Crippen molar-refractivity contribution in [3.63, 3.8) is 0 Å². The summed E-state index contributed by atoms with van der Waals surface area (Å²) in [5.74, 6) is -1.67. The van der Waals surface area contributed by atoms with E-state index in [4.69, 9.17) is 0 Å². The topological polar surface area (TPSA) is 126 Å². The second-order valence-corrected chi connectivity index (χ2v) is 5.46. The minimum absolute atomic E-state index is 0.211. The van der Waals surface area contributed by atoms with Crippen LogP contribution in [0.3, 0.4) is 0 Å². The lowest BCUT2D eigenvalue weighted by Crippen LogP contribution is -2.17. The van der Waals surface area contributed by atoms with E-state index >= 15 is 0 Å². The monoisotopic (exact) mass is 338 g/mol. The van der Waals surface area contributed by atoms with Crippen LogP contribution < -0.4 is 22.8 Å². The largest absolute Gasteiger partial charge is 0.419 e. The molecule has 2 N–H and O–H groups in total. The summed E-state index contributed by atoms with van der Waals surface area (Å²) in [4.78, 5) is 51.7. The van der Waals surface area contributed by atoms with Crippen molar-refractivity contribution in [2.45, 2.75) is 6.42 Å². The predicted octanol–water partition coefficient (Wildman–Crippen LogP) is 0.867. The summed E-state index contributed by atoms with van der Waals surface area (Å²) in [5.41, 5.74) is 0.324. The Morgan fingerprint density at radius 1 is 0.680 bits per heavy atom. The number of benzene rings is 2. The maximum Gasteiger partial charge on any atom is 0.419 e. The van der Waals surface area contributed by atoms with Gasteiger partial charge in [0.2, 0.25) is 0 Å². The third-order valence-corrected chi connectivity index (χ3v) is 3.93. The van der Waals surface area contributed by atoms with Gasteiger partial charge in [0.1, 0.15) is 0 Å². The first kappa shape index (κ1) is 14.9. The normalized spacial score (nSPS) is 11.2. The van der Waals surface area contributed by atoms with Crippen molar-refractivity contribution >= 4 is 21.8 Å². The Morgan fingerprint density at radius 2 is 1.12 bits per heavy atom. The number of nitrogens with one attached hydrogen (secondary N) is 2. The average molecular weight is 338 g/mol. The third-order valence-electron chi connectivity index (χ3n) is 3.93. The van der Waals surface area contributed by atoms with Crippen molar-refractivity contribution in [3.8, 4) is 0 Å². The van der Waals surface area contributed by atoms with E-state index in [1.807, 2.05) is 0 Å². The fourth-order valence-electron chi connectivity index (χ4n) is 2.93. The van der Waals surface area contributed by atoms with Gasteiger partial charge in [0.25, 0.3) is 0 Å². The number of fused-ring (bicyclic) bond motifs is 2. The molecular formula is C17H10N2O6. The Morgan fingerprint density at radius 3 is 1.56 bits per heavy atom. The van der Waals surface area contributed by atoms with E-state index in [9.17, 15) is 19.2 Å². The van der Waals surface area contributed by atoms with Crippen molar-refractivity contribution in [3.05, 3.63) is 89.5 Å². The number of hydrogen-bond acceptors (Lipinski definition) is 6. The molecule has 0 fully saturated rings. The van der Waals surface area contributed by atoms with E-state index in [2.05, 4.69) is 18.8 Å². The predicted molar refractivity (Wildman–Crippen MR) is 89.0 cm³/mol. The maximum absolute atomic E-state index is 12.1. The Labute approximate surface area is 137 Å². The van der Waals surface area contributed by atoms with Gasteiger partial charge in [0, 0.05) is 0 Å². The zero-order chi connectivity index (χ0) is 17.6. The zero-order valence-corrected chi connectivity index (χ0v) is 12.6. The van der Waals surface area contributed by atoms with E-state index in [1.165, 1.54) is 0 Å². The standard InChI is InChI=1S/C17H10N2O6/c20-14-12-8(3-1-5-10(12)18-16(22)24-14)7-9-4-2-6-11-13(9)15(21)25-17(23)19-11/h1-6H,7H2,(H,18,22)(H,19,23). The number of rotatable bonds is 2. The Kier molecular flexibility index (Phi) is 3.24. The molecule has 8 nitrogen and oxygen atoms in total. The van der Waals surface area contributed by atoms with E-state index in [-0.39, 0.29) is 17.2 Å². The van der Waals surface area contributed by atoms with Crippen LogP contribution in [0.1, 0.15) is 11.1 Å². The van der Waals surface area contributed by atoms with Gasteiger partial charge >= 0.3 is 22.8 Å². The smallest absolute Gasteiger partial charge is 0.372 e. The molecule has 0 bridgehead atoms. The molecule has 8 heteroatoms. The highest BCUT2D eigenvalue weighted by Gasteiger charge is 2.13. The van der Waals surface area contributed by atoms with Crippen LogP contribution in [0.15, 0.2) is 64.4 Å². The highest BCUT2D eigenvalue weighted by Crippen LogP contribution is 2.20. The summed E-state index contributed by atoms with van der Waals surface area (Å²) in [5, 5.41) is 0.459. The molecule has 0 amide bonds. The molecule has 4 rings (SSSR count). The second-order valence-electron chi connectivity index (χ2n) is 5.46. The quantitative estimate of drug-likeness (QED) is 0.558. The lowest BCUT2D eigenvalue weighted by molar-refractivity contribution is 0.459. The summed E-state index contributed by atoms with van der Waals surface area (Å²) >= 11 is 0. The highest BCUT2D eigenvalue weighted by atomic mass is 16.4. The first-order chi connectivity index (χ1) is 12.0. The fraction of sp³-hybridized carbons (Fsp3) is 0.0588. The van der Waals surface area contributed by atoms with Crippen LogP contribution in [-0.4, -0.2) is 9.97 Å². The first-order valence-electron chi connectivity index (χ1n) is 7.33. The van der Waals surface area contributed by atoms with Gasteiger partial charge in [0.05, 0.1) is 21.8 Å². The van der Waals surface area contributed by atoms with Gasteiger partial charge < -0.3 is 8.83 Å². The summed E-state index contributed by atoms with van der Waals surface area (Å²) in [6.07, 6.45) is 0.211. The maximum atomic E-state index is 12.1. The van der Waals surface area contributed by atoms with Gasteiger partial charge in [-0.3, -0.25) is 9.97 Å². The summed E-state index contributed by atoms with van der Waals surface area (Å²) in [7, 11) is 0. The van der Waals surface area contributed by atoms with Crippen LogP contribution in [0.5, 0.6) is 0 Å². The number of aromatic nitrogens is 2. The molecule has 0 radical (unpaired) electrons. The molecule has 0 aliphatic carbocycles. The van der Waals surface area contributed by atoms with E-state index < -0.39 is 22.8 Å². The molecule has 0 saturated carbocycles. The molecule has 0 unspecified atom stereocenters. The summed E-state index contributed by atoms with van der Waals surface area (Å²) < 4.78 is 9.20. The Hall–Kier alpha value is -3.68. The van der Waals surface area contributed by atoms with Crippen LogP contribution in [0.25, 0.3) is 21.8 Å². The van der Waals surface area contributed by atoms with Crippen molar-refractivity contribution in [1.82, 2.24) is 9.97 Å². The molecule has 0 atom stereocenters. The summed E-state index contributed by atoms with van der Waals surface area (Å²) in [6.45, 7) is 0. The SMILES string of the molecule is O=c1[nH]c2cccc(Cc3cccc4[nH]c(=O)oc(=O)c34)c2c(=O)o1. The first-order valence-corrected chi connectivity index (χ1v) is 7.33. The lowest BCUT2D eigenvalue weighted by Gasteiger charge is -2.07. The lowest BCUT2D eigenvalue weighted by atomic mass is 9.99. The van der Waals surface area contributed by atoms with Crippen molar-refractivity contribution in [2.75, 3.05) is 0 Å². The van der Waals surface area contributed by atoms with Gasteiger partial charge in [-0.25, -0.2) is 19.2 Å². The minimum Gasteiger partial charge on any atom is -0.372 e. The molecule has 0 saturated heterocycles. The molecule has 124 valence electrons. The van der Waals surface area contributed by atoms with E-state index in [0.29, 0.717) is 22.2 Å². The van der Waals surface area contributed by atoms with Crippen LogP contribution >= 0.6 is 0 Å². The molecule has 0 spiro atoms. The van der Waals surface area contributed by atoms with E-state index in [0.717, 1.165) is 0 Å². The second kappa shape index (κ2) is 5.45. The molecule has 4 aromatic rings. The third kappa shape index (κ3) is 2.49. The van der Waals surface area contributed by atoms with Gasteiger partial charge in [0.15, 0.2) is 0 Å². The summed E-state index contributed by atoms with van der Waals surface area (Å²) in [6, 6.07) is 9.94. The Balaban J connectivity index is 1.98. The van der Waals surface area contributed by atoms with Crippen molar-refractivity contribution < 1.29 is 8.83 Å². The highest BCUT2D eigenvalue weighted by molar-refractivity contribution is 5.84. The molecule has 2 aromatic heterocycles. The minimum atomic E-state index is -0.835. The van der Waals surface area contributed by atoms with Crippen LogP contribution in [0.2, 0.25) is 0 Å². The molecular weight excluding hydrogens is 328 g/mol. The van der Waals surface area contributed by atoms with Gasteiger partial charge in [-0.2, -0.15) is 0 Å². The van der Waals surface area contributed by atoms with Gasteiger partial charge in [-0.15, -0.1) is 0 Å². The molecule has 2 heterocycles. The number of H-pyrrole nitrogens is 2. The molecule has 0 aliphatic rings.